The van der Waals surface area contributed by atoms with E-state index in [9.17, 15) is 4.79 Å². The van der Waals surface area contributed by atoms with Crippen LogP contribution in [0.1, 0.15) is 11.3 Å². The van der Waals surface area contributed by atoms with Crippen molar-refractivity contribution in [2.75, 3.05) is 24.6 Å². The summed E-state index contributed by atoms with van der Waals surface area (Å²) in [5.74, 6) is -0.195. The van der Waals surface area contributed by atoms with Crippen LogP contribution in [0.2, 0.25) is 0 Å². The molecular formula is C13H16N4O3. The van der Waals surface area contributed by atoms with Crippen molar-refractivity contribution in [1.29, 1.82) is 5.26 Å². The standard InChI is InChI=1S/C13H16N4O3/c1-9-11(3-4-12(18)19)13(16(2)15-9)17-5-6-20-10(7-14)8-17/h3-4,10H,5-6,8H2,1-2H3,(H,18,19). The molecule has 20 heavy (non-hydrogen) atoms. The topological polar surface area (TPSA) is 91.4 Å². The Balaban J connectivity index is 2.35. The lowest BCUT2D eigenvalue weighted by molar-refractivity contribution is -0.131. The van der Waals surface area contributed by atoms with Crippen LogP contribution in [0, 0.1) is 18.3 Å². The van der Waals surface area contributed by atoms with E-state index >= 15 is 0 Å². The van der Waals surface area contributed by atoms with Crippen LogP contribution in [0.4, 0.5) is 5.82 Å². The van der Waals surface area contributed by atoms with Crippen LogP contribution in [-0.2, 0) is 16.6 Å². The maximum atomic E-state index is 10.7. The fraction of sp³-hybridized carbons (Fsp3) is 0.462. The zero-order valence-electron chi connectivity index (χ0n) is 11.4. The van der Waals surface area contributed by atoms with Crippen LogP contribution in [0.5, 0.6) is 0 Å². The lowest BCUT2D eigenvalue weighted by atomic mass is 10.2. The molecule has 1 fully saturated rings. The van der Waals surface area contributed by atoms with E-state index in [1.807, 2.05) is 11.8 Å². The molecule has 1 saturated heterocycles. The minimum atomic E-state index is -1.00. The number of aryl methyl sites for hydroxylation is 2. The molecule has 0 aromatic carbocycles. The van der Waals surface area contributed by atoms with Crippen molar-refractivity contribution in [3.63, 3.8) is 0 Å². The first kappa shape index (κ1) is 14.1. The molecule has 106 valence electrons. The SMILES string of the molecule is Cc1nn(C)c(N2CCOC(C#N)C2)c1C=CC(=O)O. The Morgan fingerprint density at radius 1 is 1.65 bits per heavy atom. The number of carboxylic acids is 1. The van der Waals surface area contributed by atoms with Crippen LogP contribution in [0.3, 0.4) is 0 Å². The van der Waals surface area contributed by atoms with E-state index in [4.69, 9.17) is 15.1 Å². The molecule has 2 heterocycles. The molecule has 1 aromatic heterocycles. The first-order valence-corrected chi connectivity index (χ1v) is 6.23. The number of ether oxygens (including phenoxy) is 1. The number of carbonyl (C=O) groups is 1. The number of rotatable bonds is 3. The van der Waals surface area contributed by atoms with Gasteiger partial charge in [-0.15, -0.1) is 0 Å². The quantitative estimate of drug-likeness (QED) is 0.811. The Hall–Kier alpha value is -2.33. The number of hydrogen-bond acceptors (Lipinski definition) is 5. The summed E-state index contributed by atoms with van der Waals surface area (Å²) in [5, 5.41) is 22.0. The fourth-order valence-corrected chi connectivity index (χ4v) is 2.31. The molecule has 0 amide bonds. The Labute approximate surface area is 116 Å². The van der Waals surface area contributed by atoms with Crippen molar-refractivity contribution < 1.29 is 14.6 Å². The molecule has 0 spiro atoms. The highest BCUT2D eigenvalue weighted by molar-refractivity contribution is 5.87. The summed E-state index contributed by atoms with van der Waals surface area (Å²) in [4.78, 5) is 12.7. The first-order valence-electron chi connectivity index (χ1n) is 6.23. The third-order valence-corrected chi connectivity index (χ3v) is 3.14. The van der Waals surface area contributed by atoms with Crippen LogP contribution in [-0.4, -0.2) is 46.7 Å². The normalized spacial score (nSPS) is 19.2. The summed E-state index contributed by atoms with van der Waals surface area (Å²) >= 11 is 0. The summed E-state index contributed by atoms with van der Waals surface area (Å²) in [6.45, 7) is 3.38. The smallest absolute Gasteiger partial charge is 0.328 e. The van der Waals surface area contributed by atoms with Gasteiger partial charge in [-0.3, -0.25) is 4.68 Å². The van der Waals surface area contributed by atoms with E-state index in [1.165, 1.54) is 6.08 Å². The van der Waals surface area contributed by atoms with Crippen molar-refractivity contribution in [2.24, 2.45) is 7.05 Å². The zero-order chi connectivity index (χ0) is 14.7. The third-order valence-electron chi connectivity index (χ3n) is 3.14. The van der Waals surface area contributed by atoms with Gasteiger partial charge in [0.1, 0.15) is 5.82 Å². The second-order valence-electron chi connectivity index (χ2n) is 4.55. The summed E-state index contributed by atoms with van der Waals surface area (Å²) < 4.78 is 7.02. The highest BCUT2D eigenvalue weighted by Crippen LogP contribution is 2.26. The predicted molar refractivity (Wildman–Crippen MR) is 72.2 cm³/mol. The van der Waals surface area contributed by atoms with E-state index in [1.54, 1.807) is 11.7 Å². The van der Waals surface area contributed by atoms with E-state index in [0.717, 1.165) is 23.2 Å². The van der Waals surface area contributed by atoms with Crippen molar-refractivity contribution in [1.82, 2.24) is 9.78 Å². The van der Waals surface area contributed by atoms with Crippen molar-refractivity contribution in [3.8, 4) is 6.07 Å². The van der Waals surface area contributed by atoms with E-state index in [-0.39, 0.29) is 0 Å². The average Bonchev–Trinajstić information content (AvgIpc) is 2.70. The Morgan fingerprint density at radius 2 is 2.40 bits per heavy atom. The number of morpholine rings is 1. The summed E-state index contributed by atoms with van der Waals surface area (Å²) in [6, 6.07) is 2.09. The Kier molecular flexibility index (Phi) is 4.05. The molecule has 0 radical (unpaired) electrons. The van der Waals surface area contributed by atoms with Gasteiger partial charge in [-0.1, -0.05) is 0 Å². The molecule has 1 aliphatic heterocycles. The number of nitriles is 1. The largest absolute Gasteiger partial charge is 0.478 e. The van der Waals surface area contributed by atoms with Crippen LogP contribution in [0.25, 0.3) is 6.08 Å². The van der Waals surface area contributed by atoms with Gasteiger partial charge in [-0.25, -0.2) is 4.79 Å². The summed E-state index contributed by atoms with van der Waals surface area (Å²) in [6.07, 6.45) is 2.15. The molecule has 1 aromatic rings. The average molecular weight is 276 g/mol. The monoisotopic (exact) mass is 276 g/mol. The van der Waals surface area contributed by atoms with Gasteiger partial charge in [-0.2, -0.15) is 10.4 Å². The molecule has 1 aliphatic rings. The van der Waals surface area contributed by atoms with Gasteiger partial charge in [0.15, 0.2) is 6.10 Å². The van der Waals surface area contributed by atoms with Gasteiger partial charge >= 0.3 is 5.97 Å². The second kappa shape index (κ2) is 5.75. The van der Waals surface area contributed by atoms with Gasteiger partial charge in [0.25, 0.3) is 0 Å². The highest BCUT2D eigenvalue weighted by Gasteiger charge is 2.25. The molecule has 7 heteroatoms. The first-order chi connectivity index (χ1) is 9.52. The molecule has 1 atom stereocenters. The third kappa shape index (κ3) is 2.81. The molecule has 1 unspecified atom stereocenters. The van der Waals surface area contributed by atoms with E-state index in [0.29, 0.717) is 19.7 Å². The van der Waals surface area contributed by atoms with E-state index in [2.05, 4.69) is 11.2 Å². The zero-order valence-corrected chi connectivity index (χ0v) is 11.4. The van der Waals surface area contributed by atoms with Crippen molar-refractivity contribution >= 4 is 17.9 Å². The lowest BCUT2D eigenvalue weighted by Crippen LogP contribution is -2.43. The number of aromatic nitrogens is 2. The minimum absolute atomic E-state index is 0.448. The Bertz CT molecular complexity index is 585. The number of aliphatic carboxylic acids is 1. The van der Waals surface area contributed by atoms with Gasteiger partial charge in [0, 0.05) is 25.2 Å². The summed E-state index contributed by atoms with van der Waals surface area (Å²) in [7, 11) is 1.80. The van der Waals surface area contributed by atoms with Gasteiger partial charge in [0.05, 0.1) is 24.9 Å². The number of carboxylic acid groups (broad SMARTS) is 1. The van der Waals surface area contributed by atoms with Crippen molar-refractivity contribution in [2.45, 2.75) is 13.0 Å². The maximum absolute atomic E-state index is 10.7. The second-order valence-corrected chi connectivity index (χ2v) is 4.55. The Morgan fingerprint density at radius 3 is 3.05 bits per heavy atom. The molecular weight excluding hydrogens is 260 g/mol. The lowest BCUT2D eigenvalue weighted by Gasteiger charge is -2.31. The molecule has 0 saturated carbocycles. The minimum Gasteiger partial charge on any atom is -0.478 e. The predicted octanol–water partition coefficient (Wildman–Crippen LogP) is 0.555. The molecule has 0 bridgehead atoms. The highest BCUT2D eigenvalue weighted by atomic mass is 16.5. The molecule has 0 aliphatic carbocycles. The van der Waals surface area contributed by atoms with Crippen molar-refractivity contribution in [3.05, 3.63) is 17.3 Å². The van der Waals surface area contributed by atoms with Crippen LogP contribution >= 0.6 is 0 Å². The molecule has 7 nitrogen and oxygen atoms in total. The van der Waals surface area contributed by atoms with Crippen LogP contribution in [0.15, 0.2) is 6.08 Å². The van der Waals surface area contributed by atoms with E-state index < -0.39 is 12.1 Å². The maximum Gasteiger partial charge on any atom is 0.328 e. The van der Waals surface area contributed by atoms with Gasteiger partial charge in [-0.05, 0) is 13.0 Å². The number of nitrogens with zero attached hydrogens (tertiary/aromatic N) is 4. The molecule has 1 N–H and O–H groups in total. The van der Waals surface area contributed by atoms with Gasteiger partial charge < -0.3 is 14.7 Å². The summed E-state index contributed by atoms with van der Waals surface area (Å²) in [5.41, 5.74) is 1.51. The number of anilines is 1. The molecule has 2 rings (SSSR count). The van der Waals surface area contributed by atoms with Gasteiger partial charge in [0.2, 0.25) is 0 Å². The number of hydrogen-bond donors (Lipinski definition) is 1. The fourth-order valence-electron chi connectivity index (χ4n) is 2.31. The van der Waals surface area contributed by atoms with Crippen LogP contribution < -0.4 is 4.90 Å².